The minimum absolute atomic E-state index is 0.131. The number of nitrogens with zero attached hydrogens (tertiary/aromatic N) is 2. The van der Waals surface area contributed by atoms with Crippen LogP contribution in [0.3, 0.4) is 0 Å². The molecule has 25 heavy (non-hydrogen) atoms. The maximum atomic E-state index is 13.2. The summed E-state index contributed by atoms with van der Waals surface area (Å²) >= 11 is 8.92. The van der Waals surface area contributed by atoms with Crippen LogP contribution in [0, 0.1) is 5.82 Å². The highest BCUT2D eigenvalue weighted by atomic mass is 79.9. The summed E-state index contributed by atoms with van der Waals surface area (Å²) in [5.74, 6) is -1.07. The van der Waals surface area contributed by atoms with Gasteiger partial charge in [0.2, 0.25) is 5.91 Å². The molecule has 1 N–H and O–H groups in total. The molecule has 132 valence electrons. The highest BCUT2D eigenvalue weighted by molar-refractivity contribution is 9.10. The van der Waals surface area contributed by atoms with Crippen LogP contribution >= 0.6 is 27.5 Å². The molecule has 0 aliphatic heterocycles. The highest BCUT2D eigenvalue weighted by Gasteiger charge is 2.13. The van der Waals surface area contributed by atoms with E-state index in [0.29, 0.717) is 16.2 Å². The lowest BCUT2D eigenvalue weighted by atomic mass is 10.2. The molecule has 0 aliphatic rings. The number of amides is 2. The Morgan fingerprint density at radius 2 is 2.08 bits per heavy atom. The standard InChI is InChI=1S/C17H16BrClFN3O2/c1-23(10-11-2-5-15(19)22-9-11)16(24)6-7-21-17(25)13-8-12(20)3-4-14(13)18/h2-5,8-9H,6-7,10H2,1H3,(H,21,25). The van der Waals surface area contributed by atoms with Crippen LogP contribution in [0.1, 0.15) is 22.3 Å². The zero-order valence-electron chi connectivity index (χ0n) is 13.4. The maximum absolute atomic E-state index is 13.2. The van der Waals surface area contributed by atoms with Gasteiger partial charge in [0.25, 0.3) is 5.91 Å². The Morgan fingerprint density at radius 3 is 2.76 bits per heavy atom. The van der Waals surface area contributed by atoms with Crippen LogP contribution in [0.15, 0.2) is 41.0 Å². The van der Waals surface area contributed by atoms with Crippen LogP contribution in [-0.2, 0) is 11.3 Å². The first-order chi connectivity index (χ1) is 11.9. The quantitative estimate of drug-likeness (QED) is 0.717. The van der Waals surface area contributed by atoms with Crippen molar-refractivity contribution in [2.75, 3.05) is 13.6 Å². The molecule has 5 nitrogen and oxygen atoms in total. The fraction of sp³-hybridized carbons (Fsp3) is 0.235. The third-order valence-electron chi connectivity index (χ3n) is 3.43. The molecule has 2 rings (SSSR count). The van der Waals surface area contributed by atoms with Crippen molar-refractivity contribution in [1.29, 1.82) is 0 Å². The Bertz CT molecular complexity index is 771. The van der Waals surface area contributed by atoms with Crippen molar-refractivity contribution in [3.05, 3.63) is 63.1 Å². The molecule has 0 saturated heterocycles. The van der Waals surface area contributed by atoms with Gasteiger partial charge < -0.3 is 10.2 Å². The first kappa shape index (κ1) is 19.3. The Hall–Kier alpha value is -1.99. The molecule has 1 heterocycles. The van der Waals surface area contributed by atoms with Crippen LogP contribution in [0.4, 0.5) is 4.39 Å². The largest absolute Gasteiger partial charge is 0.351 e. The van der Waals surface area contributed by atoms with E-state index in [1.165, 1.54) is 17.0 Å². The molecule has 8 heteroatoms. The highest BCUT2D eigenvalue weighted by Crippen LogP contribution is 2.17. The molecular weight excluding hydrogens is 413 g/mol. The predicted molar refractivity (Wildman–Crippen MR) is 96.8 cm³/mol. The molecule has 0 fully saturated rings. The number of hydrogen-bond acceptors (Lipinski definition) is 3. The Balaban J connectivity index is 1.82. The van der Waals surface area contributed by atoms with Gasteiger partial charge in [-0.25, -0.2) is 9.37 Å². The van der Waals surface area contributed by atoms with Gasteiger partial charge in [0.15, 0.2) is 0 Å². The number of hydrogen-bond donors (Lipinski definition) is 1. The number of benzene rings is 1. The van der Waals surface area contributed by atoms with Crippen LogP contribution in [0.2, 0.25) is 5.15 Å². The first-order valence-electron chi connectivity index (χ1n) is 7.44. The lowest BCUT2D eigenvalue weighted by Crippen LogP contribution is -2.32. The van der Waals surface area contributed by atoms with Gasteiger partial charge in [0.1, 0.15) is 11.0 Å². The lowest BCUT2D eigenvalue weighted by molar-refractivity contribution is -0.130. The van der Waals surface area contributed by atoms with Crippen LogP contribution in [0.25, 0.3) is 0 Å². The number of carbonyl (C=O) groups excluding carboxylic acids is 2. The minimum Gasteiger partial charge on any atom is -0.351 e. The smallest absolute Gasteiger partial charge is 0.252 e. The third-order valence-corrected chi connectivity index (χ3v) is 4.35. The number of pyridine rings is 1. The molecule has 0 aliphatic carbocycles. The number of halogens is 3. The molecule has 2 amide bonds. The van der Waals surface area contributed by atoms with Crippen molar-refractivity contribution >= 4 is 39.3 Å². The minimum atomic E-state index is -0.499. The van der Waals surface area contributed by atoms with Gasteiger partial charge in [-0.3, -0.25) is 9.59 Å². The maximum Gasteiger partial charge on any atom is 0.252 e. The van der Waals surface area contributed by atoms with Crippen molar-refractivity contribution < 1.29 is 14.0 Å². The SMILES string of the molecule is CN(Cc1ccc(Cl)nc1)C(=O)CCNC(=O)c1cc(F)ccc1Br. The average Bonchev–Trinajstić information content (AvgIpc) is 2.58. The van der Waals surface area contributed by atoms with Gasteiger partial charge >= 0.3 is 0 Å². The molecule has 0 saturated carbocycles. The van der Waals surface area contributed by atoms with E-state index in [2.05, 4.69) is 26.2 Å². The molecule has 1 aromatic heterocycles. The zero-order valence-corrected chi connectivity index (χ0v) is 15.8. The van der Waals surface area contributed by atoms with Crippen LogP contribution in [-0.4, -0.2) is 35.3 Å². The first-order valence-corrected chi connectivity index (χ1v) is 8.61. The van der Waals surface area contributed by atoms with Gasteiger partial charge in [-0.2, -0.15) is 0 Å². The van der Waals surface area contributed by atoms with Crippen molar-refractivity contribution in [1.82, 2.24) is 15.2 Å². The third kappa shape index (κ3) is 5.79. The lowest BCUT2D eigenvalue weighted by Gasteiger charge is -2.17. The molecule has 0 bridgehead atoms. The summed E-state index contributed by atoms with van der Waals surface area (Å²) in [6, 6.07) is 7.31. The molecule has 0 spiro atoms. The second kappa shape index (κ2) is 8.92. The normalized spacial score (nSPS) is 10.4. The van der Waals surface area contributed by atoms with Crippen molar-refractivity contribution in [2.24, 2.45) is 0 Å². The van der Waals surface area contributed by atoms with Gasteiger partial charge in [0.05, 0.1) is 5.56 Å². The summed E-state index contributed by atoms with van der Waals surface area (Å²) in [5.41, 5.74) is 1.04. The summed E-state index contributed by atoms with van der Waals surface area (Å²) < 4.78 is 13.7. The fourth-order valence-corrected chi connectivity index (χ4v) is 2.64. The monoisotopic (exact) mass is 427 g/mol. The molecular formula is C17H16BrClFN3O2. The summed E-state index contributed by atoms with van der Waals surface area (Å²) in [5, 5.41) is 3.00. The zero-order chi connectivity index (χ0) is 18.4. The van der Waals surface area contributed by atoms with Crippen LogP contribution in [0.5, 0.6) is 0 Å². The second-order valence-electron chi connectivity index (χ2n) is 5.37. The van der Waals surface area contributed by atoms with Crippen LogP contribution < -0.4 is 5.32 Å². The Kier molecular flexibility index (Phi) is 6.90. The van der Waals surface area contributed by atoms with E-state index in [1.54, 1.807) is 25.4 Å². The van der Waals surface area contributed by atoms with Gasteiger partial charge in [0, 0.05) is 37.2 Å². The van der Waals surface area contributed by atoms with Gasteiger partial charge in [-0.1, -0.05) is 17.7 Å². The topological polar surface area (TPSA) is 62.3 Å². The van der Waals surface area contributed by atoms with Crippen molar-refractivity contribution in [3.8, 4) is 0 Å². The predicted octanol–water partition coefficient (Wildman–Crippen LogP) is 3.42. The molecule has 0 radical (unpaired) electrons. The molecule has 0 unspecified atom stereocenters. The van der Waals surface area contributed by atoms with E-state index < -0.39 is 11.7 Å². The molecule has 2 aromatic rings. The Labute approximate surface area is 158 Å². The summed E-state index contributed by atoms with van der Waals surface area (Å²) in [6.45, 7) is 0.552. The van der Waals surface area contributed by atoms with E-state index >= 15 is 0 Å². The Morgan fingerprint density at radius 1 is 1.32 bits per heavy atom. The number of nitrogens with one attached hydrogen (secondary N) is 1. The fourth-order valence-electron chi connectivity index (χ4n) is 2.10. The van der Waals surface area contributed by atoms with E-state index in [9.17, 15) is 14.0 Å². The van der Waals surface area contributed by atoms with Gasteiger partial charge in [-0.15, -0.1) is 0 Å². The summed E-state index contributed by atoms with van der Waals surface area (Å²) in [6.07, 6.45) is 1.74. The number of carbonyl (C=O) groups is 2. The van der Waals surface area contributed by atoms with Gasteiger partial charge in [-0.05, 0) is 45.8 Å². The van der Waals surface area contributed by atoms with E-state index in [1.807, 2.05) is 0 Å². The second-order valence-corrected chi connectivity index (χ2v) is 6.61. The molecule has 0 atom stereocenters. The average molecular weight is 429 g/mol. The van der Waals surface area contributed by atoms with E-state index in [4.69, 9.17) is 11.6 Å². The summed E-state index contributed by atoms with van der Waals surface area (Å²) in [7, 11) is 1.67. The van der Waals surface area contributed by atoms with Crippen molar-refractivity contribution in [3.63, 3.8) is 0 Å². The number of rotatable bonds is 6. The van der Waals surface area contributed by atoms with E-state index in [-0.39, 0.29) is 24.4 Å². The summed E-state index contributed by atoms with van der Waals surface area (Å²) in [4.78, 5) is 29.6. The number of aromatic nitrogens is 1. The van der Waals surface area contributed by atoms with E-state index in [0.717, 1.165) is 11.6 Å². The van der Waals surface area contributed by atoms with Crippen molar-refractivity contribution in [2.45, 2.75) is 13.0 Å². The molecule has 1 aromatic carbocycles.